The molecule has 1 N–H and O–H groups in total. The van der Waals surface area contributed by atoms with E-state index in [-0.39, 0.29) is 16.3 Å². The number of amides is 1. The van der Waals surface area contributed by atoms with E-state index in [1.54, 1.807) is 7.05 Å². The van der Waals surface area contributed by atoms with Gasteiger partial charge in [0.15, 0.2) is 5.69 Å². The number of carbonyl (C=O) groups is 1. The second kappa shape index (κ2) is 6.18. The zero-order valence-electron chi connectivity index (χ0n) is 11.2. The molecule has 1 aromatic carbocycles. The number of rotatable bonds is 3. The summed E-state index contributed by atoms with van der Waals surface area (Å²) in [5.41, 5.74) is 1.01. The van der Waals surface area contributed by atoms with Crippen LogP contribution in [0.1, 0.15) is 21.6 Å². The molecule has 0 aliphatic carbocycles. The van der Waals surface area contributed by atoms with Crippen LogP contribution in [0.2, 0.25) is 5.02 Å². The monoisotopic (exact) mass is 330 g/mol. The van der Waals surface area contributed by atoms with Crippen molar-refractivity contribution in [2.24, 2.45) is 12.1 Å². The highest BCUT2D eigenvalue weighted by Gasteiger charge is 2.32. The van der Waals surface area contributed by atoms with Gasteiger partial charge in [-0.2, -0.15) is 23.4 Å². The third kappa shape index (κ3) is 3.64. The molecule has 0 aliphatic heterocycles. The van der Waals surface area contributed by atoms with Gasteiger partial charge in [0.1, 0.15) is 0 Å². The molecule has 0 aliphatic rings. The van der Waals surface area contributed by atoms with Gasteiger partial charge in [-0.05, 0) is 6.07 Å². The minimum atomic E-state index is -4.50. The Balaban J connectivity index is 2.14. The molecule has 1 amide bonds. The average molecular weight is 331 g/mol. The Morgan fingerprint density at radius 1 is 1.41 bits per heavy atom. The highest BCUT2D eigenvalue weighted by molar-refractivity contribution is 6.33. The van der Waals surface area contributed by atoms with E-state index in [0.717, 1.165) is 12.3 Å². The number of carbonyl (C=O) groups excluding carboxylic acids is 1. The van der Waals surface area contributed by atoms with Gasteiger partial charge in [-0.1, -0.05) is 29.8 Å². The fourth-order valence-electron chi connectivity index (χ4n) is 1.69. The van der Waals surface area contributed by atoms with Gasteiger partial charge < -0.3 is 0 Å². The fourth-order valence-corrected chi connectivity index (χ4v) is 1.96. The summed E-state index contributed by atoms with van der Waals surface area (Å²) in [6.07, 6.45) is -2.17. The molecule has 0 atom stereocenters. The molecule has 0 bridgehead atoms. The lowest BCUT2D eigenvalue weighted by Crippen LogP contribution is -2.19. The van der Waals surface area contributed by atoms with E-state index in [9.17, 15) is 18.0 Å². The Morgan fingerprint density at radius 2 is 2.09 bits per heavy atom. The van der Waals surface area contributed by atoms with Crippen molar-refractivity contribution in [3.05, 3.63) is 52.3 Å². The highest BCUT2D eigenvalue weighted by atomic mass is 35.5. The van der Waals surface area contributed by atoms with E-state index in [2.05, 4.69) is 15.6 Å². The van der Waals surface area contributed by atoms with Crippen molar-refractivity contribution in [2.75, 3.05) is 0 Å². The maximum atomic E-state index is 12.8. The van der Waals surface area contributed by atoms with Crippen molar-refractivity contribution in [2.45, 2.75) is 6.18 Å². The van der Waals surface area contributed by atoms with Crippen molar-refractivity contribution in [1.82, 2.24) is 15.2 Å². The van der Waals surface area contributed by atoms with Crippen LogP contribution in [-0.4, -0.2) is 21.9 Å². The summed E-state index contributed by atoms with van der Waals surface area (Å²) < 4.78 is 39.7. The molecule has 116 valence electrons. The van der Waals surface area contributed by atoms with E-state index in [4.69, 9.17) is 11.6 Å². The van der Waals surface area contributed by atoms with Crippen molar-refractivity contribution >= 4 is 23.7 Å². The molecular weight excluding hydrogens is 321 g/mol. The first-order valence-electron chi connectivity index (χ1n) is 5.98. The lowest BCUT2D eigenvalue weighted by molar-refractivity contribution is -0.137. The van der Waals surface area contributed by atoms with Crippen LogP contribution in [0.25, 0.3) is 0 Å². The number of nitrogens with one attached hydrogen (secondary N) is 1. The number of hydrazone groups is 1. The van der Waals surface area contributed by atoms with Crippen LogP contribution in [0.4, 0.5) is 13.2 Å². The van der Waals surface area contributed by atoms with Gasteiger partial charge >= 0.3 is 6.18 Å². The lowest BCUT2D eigenvalue weighted by atomic mass is 10.1. The Labute approximate surface area is 128 Å². The Bertz CT molecular complexity index is 724. The van der Waals surface area contributed by atoms with Crippen LogP contribution in [0.15, 0.2) is 35.6 Å². The Hall–Kier alpha value is -2.35. The summed E-state index contributed by atoms with van der Waals surface area (Å²) in [7, 11) is 1.57. The third-order valence-corrected chi connectivity index (χ3v) is 2.91. The smallest absolute Gasteiger partial charge is 0.273 e. The van der Waals surface area contributed by atoms with Gasteiger partial charge in [-0.15, -0.1) is 0 Å². The van der Waals surface area contributed by atoms with Gasteiger partial charge in [0, 0.05) is 18.8 Å². The standard InChI is InChI=1S/C13H10ClF3N4O/c1-21-7-10(14)11(20-21)12(22)19-18-6-8-4-2-3-5-9(8)13(15,16)17/h2-7H,1H3,(H,19,22)/b18-6+. The number of aromatic nitrogens is 2. The second-order valence-corrected chi connectivity index (χ2v) is 4.69. The van der Waals surface area contributed by atoms with Gasteiger partial charge in [0.25, 0.3) is 5.91 Å². The van der Waals surface area contributed by atoms with Crippen molar-refractivity contribution < 1.29 is 18.0 Å². The number of hydrogen-bond donors (Lipinski definition) is 1. The zero-order chi connectivity index (χ0) is 16.3. The SMILES string of the molecule is Cn1cc(Cl)c(C(=O)N/N=C/c2ccccc2C(F)(F)F)n1. The summed E-state index contributed by atoms with van der Waals surface area (Å²) in [5, 5.41) is 7.44. The van der Waals surface area contributed by atoms with E-state index < -0.39 is 17.6 Å². The van der Waals surface area contributed by atoms with Crippen LogP contribution in [0, 0.1) is 0 Å². The first-order valence-corrected chi connectivity index (χ1v) is 6.35. The number of nitrogens with zero attached hydrogens (tertiary/aromatic N) is 3. The average Bonchev–Trinajstić information content (AvgIpc) is 2.77. The van der Waals surface area contributed by atoms with Gasteiger partial charge in [-0.25, -0.2) is 5.43 Å². The van der Waals surface area contributed by atoms with Crippen LogP contribution in [-0.2, 0) is 13.2 Å². The zero-order valence-corrected chi connectivity index (χ0v) is 12.0. The Morgan fingerprint density at radius 3 is 2.68 bits per heavy atom. The van der Waals surface area contributed by atoms with Crippen molar-refractivity contribution in [3.63, 3.8) is 0 Å². The van der Waals surface area contributed by atoms with Crippen LogP contribution in [0.5, 0.6) is 0 Å². The van der Waals surface area contributed by atoms with Gasteiger partial charge in [-0.3, -0.25) is 9.48 Å². The molecule has 1 aromatic heterocycles. The molecule has 0 fully saturated rings. The third-order valence-electron chi connectivity index (χ3n) is 2.64. The summed E-state index contributed by atoms with van der Waals surface area (Å²) in [6, 6.07) is 4.88. The maximum Gasteiger partial charge on any atom is 0.417 e. The summed E-state index contributed by atoms with van der Waals surface area (Å²) in [5.74, 6) is -0.716. The molecule has 0 spiro atoms. The number of benzene rings is 1. The first kappa shape index (κ1) is 16.0. The largest absolute Gasteiger partial charge is 0.417 e. The topological polar surface area (TPSA) is 59.3 Å². The molecule has 2 rings (SSSR count). The lowest BCUT2D eigenvalue weighted by Gasteiger charge is -2.09. The Kier molecular flexibility index (Phi) is 4.51. The molecule has 0 saturated heterocycles. The van der Waals surface area contributed by atoms with Gasteiger partial charge in [0.05, 0.1) is 16.8 Å². The normalized spacial score (nSPS) is 11.9. The fraction of sp³-hybridized carbons (Fsp3) is 0.154. The number of halogens is 4. The van der Waals surface area contributed by atoms with E-state index in [1.807, 2.05) is 0 Å². The van der Waals surface area contributed by atoms with E-state index >= 15 is 0 Å². The number of alkyl halides is 3. The molecule has 0 saturated carbocycles. The minimum absolute atomic E-state index is 0.0644. The molecule has 9 heteroatoms. The summed E-state index contributed by atoms with van der Waals surface area (Å²) >= 11 is 5.78. The van der Waals surface area contributed by atoms with Crippen molar-refractivity contribution in [1.29, 1.82) is 0 Å². The predicted octanol–water partition coefficient (Wildman–Crippen LogP) is 2.86. The first-order chi connectivity index (χ1) is 10.3. The highest BCUT2D eigenvalue weighted by Crippen LogP contribution is 2.31. The predicted molar refractivity (Wildman–Crippen MR) is 74.7 cm³/mol. The molecule has 0 radical (unpaired) electrons. The molecule has 0 unspecified atom stereocenters. The molecule has 5 nitrogen and oxygen atoms in total. The van der Waals surface area contributed by atoms with Gasteiger partial charge in [0.2, 0.25) is 0 Å². The molecule has 22 heavy (non-hydrogen) atoms. The maximum absolute atomic E-state index is 12.8. The number of hydrogen-bond acceptors (Lipinski definition) is 3. The van der Waals surface area contributed by atoms with E-state index in [0.29, 0.717) is 0 Å². The molecular formula is C13H10ClF3N4O. The van der Waals surface area contributed by atoms with Crippen molar-refractivity contribution in [3.8, 4) is 0 Å². The molecule has 1 heterocycles. The molecule has 2 aromatic rings. The van der Waals surface area contributed by atoms with Crippen LogP contribution in [0.3, 0.4) is 0 Å². The van der Waals surface area contributed by atoms with Crippen LogP contribution < -0.4 is 5.43 Å². The summed E-state index contributed by atoms with van der Waals surface area (Å²) in [6.45, 7) is 0. The van der Waals surface area contributed by atoms with E-state index in [1.165, 1.54) is 29.1 Å². The minimum Gasteiger partial charge on any atom is -0.273 e. The summed E-state index contributed by atoms with van der Waals surface area (Å²) in [4.78, 5) is 11.7. The quantitative estimate of drug-likeness (QED) is 0.695. The number of aryl methyl sites for hydroxylation is 1. The van der Waals surface area contributed by atoms with Crippen LogP contribution >= 0.6 is 11.6 Å². The second-order valence-electron chi connectivity index (χ2n) is 4.28.